The summed E-state index contributed by atoms with van der Waals surface area (Å²) in [5.41, 5.74) is 1.36. The smallest absolute Gasteiger partial charge is 0.243 e. The maximum absolute atomic E-state index is 13.1. The maximum atomic E-state index is 13.1. The molecule has 0 spiro atoms. The molecule has 1 fully saturated rings. The van der Waals surface area contributed by atoms with Gasteiger partial charge in [0.05, 0.1) is 12.0 Å². The SMILES string of the molecule is CCCCC(=O)N1CCN(S(=O)(=O)c2c(C)cc(OC)cc2C)CC1. The van der Waals surface area contributed by atoms with Crippen LogP contribution in [0.1, 0.15) is 37.3 Å². The van der Waals surface area contributed by atoms with Gasteiger partial charge in [-0.1, -0.05) is 13.3 Å². The zero-order valence-corrected chi connectivity index (χ0v) is 16.4. The van der Waals surface area contributed by atoms with Crippen LogP contribution in [0.15, 0.2) is 17.0 Å². The standard InChI is InChI=1S/C18H28N2O4S/c1-5-6-7-17(21)19-8-10-20(11-9-19)25(22,23)18-14(2)12-16(24-4)13-15(18)3/h12-13H,5-11H2,1-4H3. The number of sulfonamides is 1. The van der Waals surface area contributed by atoms with Crippen molar-refractivity contribution >= 4 is 15.9 Å². The number of hydrogen-bond acceptors (Lipinski definition) is 4. The first-order chi connectivity index (χ1) is 11.8. The number of methoxy groups -OCH3 is 1. The molecule has 1 aromatic carbocycles. The Morgan fingerprint density at radius 3 is 2.16 bits per heavy atom. The minimum Gasteiger partial charge on any atom is -0.497 e. The van der Waals surface area contributed by atoms with E-state index in [1.54, 1.807) is 38.0 Å². The third kappa shape index (κ3) is 4.33. The van der Waals surface area contributed by atoms with Gasteiger partial charge in [0.1, 0.15) is 5.75 Å². The van der Waals surface area contributed by atoms with Crippen molar-refractivity contribution in [3.05, 3.63) is 23.3 Å². The van der Waals surface area contributed by atoms with Crippen LogP contribution < -0.4 is 4.74 Å². The highest BCUT2D eigenvalue weighted by Gasteiger charge is 2.32. The summed E-state index contributed by atoms with van der Waals surface area (Å²) >= 11 is 0. The molecule has 0 bridgehead atoms. The molecule has 140 valence electrons. The average Bonchev–Trinajstić information content (AvgIpc) is 2.58. The van der Waals surface area contributed by atoms with Crippen LogP contribution in [0, 0.1) is 13.8 Å². The van der Waals surface area contributed by atoms with Gasteiger partial charge < -0.3 is 9.64 Å². The Kier molecular flexibility index (Phi) is 6.46. The van der Waals surface area contributed by atoms with Crippen molar-refractivity contribution in [1.29, 1.82) is 0 Å². The highest BCUT2D eigenvalue weighted by Crippen LogP contribution is 2.28. The van der Waals surface area contributed by atoms with E-state index in [4.69, 9.17) is 4.74 Å². The molecule has 0 radical (unpaired) electrons. The Labute approximate surface area is 150 Å². The van der Waals surface area contributed by atoms with Gasteiger partial charge in [-0.05, 0) is 43.5 Å². The normalized spacial score (nSPS) is 16.1. The molecule has 1 amide bonds. The number of amides is 1. The van der Waals surface area contributed by atoms with Gasteiger partial charge in [0.15, 0.2) is 0 Å². The second kappa shape index (κ2) is 8.19. The third-order valence-corrected chi connectivity index (χ3v) is 6.81. The van der Waals surface area contributed by atoms with Crippen molar-refractivity contribution in [2.24, 2.45) is 0 Å². The van der Waals surface area contributed by atoms with Gasteiger partial charge in [-0.3, -0.25) is 4.79 Å². The van der Waals surface area contributed by atoms with E-state index in [9.17, 15) is 13.2 Å². The lowest BCUT2D eigenvalue weighted by Gasteiger charge is -2.34. The van der Waals surface area contributed by atoms with Crippen molar-refractivity contribution in [3.8, 4) is 5.75 Å². The predicted molar refractivity (Wildman–Crippen MR) is 97.3 cm³/mol. The second-order valence-corrected chi connectivity index (χ2v) is 8.35. The lowest BCUT2D eigenvalue weighted by molar-refractivity contribution is -0.132. The van der Waals surface area contributed by atoms with Crippen molar-refractivity contribution in [2.75, 3.05) is 33.3 Å². The van der Waals surface area contributed by atoms with Crippen LogP contribution in [-0.4, -0.2) is 56.8 Å². The Bertz CT molecular complexity index is 700. The summed E-state index contributed by atoms with van der Waals surface area (Å²) in [6, 6.07) is 3.48. The minimum absolute atomic E-state index is 0.121. The first kappa shape index (κ1) is 19.7. The molecule has 2 rings (SSSR count). The van der Waals surface area contributed by atoms with E-state index >= 15 is 0 Å². The summed E-state index contributed by atoms with van der Waals surface area (Å²) in [6.45, 7) is 7.21. The largest absolute Gasteiger partial charge is 0.497 e. The van der Waals surface area contributed by atoms with Crippen molar-refractivity contribution < 1.29 is 17.9 Å². The van der Waals surface area contributed by atoms with E-state index in [0.717, 1.165) is 12.8 Å². The molecule has 25 heavy (non-hydrogen) atoms. The fourth-order valence-electron chi connectivity index (χ4n) is 3.23. The Morgan fingerprint density at radius 1 is 1.12 bits per heavy atom. The number of rotatable bonds is 6. The van der Waals surface area contributed by atoms with Gasteiger partial charge in [0, 0.05) is 32.6 Å². The van der Waals surface area contributed by atoms with Gasteiger partial charge in [-0.25, -0.2) is 8.42 Å². The predicted octanol–water partition coefficient (Wildman–Crippen LogP) is 2.34. The minimum atomic E-state index is -3.57. The molecule has 0 aliphatic carbocycles. The van der Waals surface area contributed by atoms with E-state index < -0.39 is 10.0 Å². The maximum Gasteiger partial charge on any atom is 0.243 e. The van der Waals surface area contributed by atoms with Gasteiger partial charge in [-0.15, -0.1) is 0 Å². The molecular weight excluding hydrogens is 340 g/mol. The van der Waals surface area contributed by atoms with Crippen LogP contribution in [0.25, 0.3) is 0 Å². The molecule has 6 nitrogen and oxygen atoms in total. The van der Waals surface area contributed by atoms with E-state index in [1.807, 2.05) is 0 Å². The molecule has 1 heterocycles. The summed E-state index contributed by atoms with van der Waals surface area (Å²) in [4.78, 5) is 14.2. The summed E-state index contributed by atoms with van der Waals surface area (Å²) in [6.07, 6.45) is 2.40. The highest BCUT2D eigenvalue weighted by molar-refractivity contribution is 7.89. The van der Waals surface area contributed by atoms with E-state index in [0.29, 0.717) is 54.4 Å². The molecule has 1 saturated heterocycles. The van der Waals surface area contributed by atoms with Crippen molar-refractivity contribution in [2.45, 2.75) is 44.9 Å². The molecule has 1 aromatic rings. The van der Waals surface area contributed by atoms with Crippen LogP contribution in [0.5, 0.6) is 5.75 Å². The number of carbonyl (C=O) groups excluding carboxylic acids is 1. The number of ether oxygens (including phenoxy) is 1. The van der Waals surface area contributed by atoms with Gasteiger partial charge in [0.25, 0.3) is 0 Å². The zero-order valence-electron chi connectivity index (χ0n) is 15.5. The molecule has 0 saturated carbocycles. The first-order valence-electron chi connectivity index (χ1n) is 8.74. The first-order valence-corrected chi connectivity index (χ1v) is 10.2. The second-order valence-electron chi connectivity index (χ2n) is 6.48. The number of unbranched alkanes of at least 4 members (excludes halogenated alkanes) is 1. The number of carbonyl (C=O) groups is 1. The van der Waals surface area contributed by atoms with Gasteiger partial charge >= 0.3 is 0 Å². The fraction of sp³-hybridized carbons (Fsp3) is 0.611. The Balaban J connectivity index is 2.14. The number of aryl methyl sites for hydroxylation is 2. The van der Waals surface area contributed by atoms with Gasteiger partial charge in [-0.2, -0.15) is 4.31 Å². The molecule has 0 atom stereocenters. The van der Waals surface area contributed by atoms with Crippen LogP contribution in [0.3, 0.4) is 0 Å². The lowest BCUT2D eigenvalue weighted by Crippen LogP contribution is -2.50. The number of piperazine rings is 1. The van der Waals surface area contributed by atoms with Crippen LogP contribution in [0.2, 0.25) is 0 Å². The summed E-state index contributed by atoms with van der Waals surface area (Å²) in [5.74, 6) is 0.774. The monoisotopic (exact) mass is 368 g/mol. The third-order valence-electron chi connectivity index (χ3n) is 4.60. The van der Waals surface area contributed by atoms with Crippen molar-refractivity contribution in [1.82, 2.24) is 9.21 Å². The molecule has 1 aliphatic heterocycles. The highest BCUT2D eigenvalue weighted by atomic mass is 32.2. The summed E-state index contributed by atoms with van der Waals surface area (Å²) < 4.78 is 32.8. The molecule has 1 aliphatic rings. The molecule has 0 N–H and O–H groups in total. The van der Waals surface area contributed by atoms with Crippen LogP contribution in [0.4, 0.5) is 0 Å². The summed E-state index contributed by atoms with van der Waals surface area (Å²) in [5, 5.41) is 0. The quantitative estimate of drug-likeness (QED) is 0.773. The van der Waals surface area contributed by atoms with Crippen molar-refractivity contribution in [3.63, 3.8) is 0 Å². The Morgan fingerprint density at radius 2 is 1.68 bits per heavy atom. The van der Waals surface area contributed by atoms with E-state index in [-0.39, 0.29) is 5.91 Å². The van der Waals surface area contributed by atoms with E-state index in [2.05, 4.69) is 6.92 Å². The number of hydrogen-bond donors (Lipinski definition) is 0. The topological polar surface area (TPSA) is 66.9 Å². The fourth-order valence-corrected chi connectivity index (χ4v) is 5.06. The lowest BCUT2D eigenvalue weighted by atomic mass is 10.1. The molecule has 0 unspecified atom stereocenters. The zero-order chi connectivity index (χ0) is 18.6. The molecule has 0 aromatic heterocycles. The van der Waals surface area contributed by atoms with Gasteiger partial charge in [0.2, 0.25) is 15.9 Å². The number of benzene rings is 1. The van der Waals surface area contributed by atoms with E-state index in [1.165, 1.54) is 4.31 Å². The number of nitrogens with zero attached hydrogens (tertiary/aromatic N) is 2. The summed E-state index contributed by atoms with van der Waals surface area (Å²) in [7, 11) is -2.01. The van der Waals surface area contributed by atoms with Crippen LogP contribution in [-0.2, 0) is 14.8 Å². The molecular formula is C18H28N2O4S. The Hall–Kier alpha value is -1.60. The average molecular weight is 368 g/mol. The molecule has 7 heteroatoms. The van der Waals surface area contributed by atoms with Crippen LogP contribution >= 0.6 is 0 Å².